The summed E-state index contributed by atoms with van der Waals surface area (Å²) in [5.74, 6) is -1.24. The van der Waals surface area contributed by atoms with E-state index in [1.165, 1.54) is 0 Å². The molecule has 1 saturated carbocycles. The molecule has 0 unspecified atom stereocenters. The van der Waals surface area contributed by atoms with Gasteiger partial charge >= 0.3 is 5.97 Å². The first-order valence-electron chi connectivity index (χ1n) is 6.27. The molecule has 0 bridgehead atoms. The number of carbonyl (C=O) groups excluding carboxylic acids is 1. The predicted molar refractivity (Wildman–Crippen MR) is 60.5 cm³/mol. The molecule has 1 amide bonds. The minimum atomic E-state index is -1.02. The van der Waals surface area contributed by atoms with Crippen LogP contribution in [0.4, 0.5) is 0 Å². The Morgan fingerprint density at radius 2 is 1.94 bits per heavy atom. The van der Waals surface area contributed by atoms with Gasteiger partial charge in [0.15, 0.2) is 0 Å². The Morgan fingerprint density at radius 1 is 1.24 bits per heavy atom. The summed E-state index contributed by atoms with van der Waals surface area (Å²) in [6.07, 6.45) is 4.49. The van der Waals surface area contributed by atoms with Crippen molar-refractivity contribution in [2.45, 2.75) is 44.1 Å². The van der Waals surface area contributed by atoms with Crippen LogP contribution in [0.15, 0.2) is 0 Å². The Kier molecular flexibility index (Phi) is 3.66. The molecule has 1 heterocycles. The second-order valence-corrected chi connectivity index (χ2v) is 5.00. The van der Waals surface area contributed by atoms with Crippen molar-refractivity contribution in [2.24, 2.45) is 5.92 Å². The van der Waals surface area contributed by atoms with E-state index in [4.69, 9.17) is 4.74 Å². The van der Waals surface area contributed by atoms with Crippen molar-refractivity contribution in [2.75, 3.05) is 13.2 Å². The molecule has 0 spiro atoms. The van der Waals surface area contributed by atoms with Gasteiger partial charge in [-0.05, 0) is 25.7 Å². The molecule has 17 heavy (non-hydrogen) atoms. The zero-order chi connectivity index (χ0) is 12.3. The normalized spacial score (nSPS) is 27.6. The van der Waals surface area contributed by atoms with Gasteiger partial charge in [-0.3, -0.25) is 4.79 Å². The van der Waals surface area contributed by atoms with Crippen LogP contribution >= 0.6 is 0 Å². The van der Waals surface area contributed by atoms with Gasteiger partial charge in [-0.25, -0.2) is 4.79 Å². The van der Waals surface area contributed by atoms with E-state index in [9.17, 15) is 14.7 Å². The molecule has 2 fully saturated rings. The fourth-order valence-corrected chi connectivity index (χ4v) is 2.66. The van der Waals surface area contributed by atoms with E-state index in [0.29, 0.717) is 26.1 Å². The topological polar surface area (TPSA) is 75.6 Å². The van der Waals surface area contributed by atoms with Crippen LogP contribution in [-0.2, 0) is 14.3 Å². The van der Waals surface area contributed by atoms with Gasteiger partial charge in [0.05, 0.1) is 12.5 Å². The lowest BCUT2D eigenvalue weighted by atomic mass is 9.94. The average Bonchev–Trinajstić information content (AvgIpc) is 2.80. The molecular formula is C12H19NO4. The van der Waals surface area contributed by atoms with E-state index in [1.807, 2.05) is 0 Å². The Bertz CT molecular complexity index is 304. The van der Waals surface area contributed by atoms with E-state index < -0.39 is 11.5 Å². The van der Waals surface area contributed by atoms with Gasteiger partial charge in [0.25, 0.3) is 0 Å². The highest BCUT2D eigenvalue weighted by atomic mass is 16.5. The summed E-state index contributed by atoms with van der Waals surface area (Å²) in [7, 11) is 0. The third kappa shape index (κ3) is 2.60. The molecule has 5 nitrogen and oxygen atoms in total. The van der Waals surface area contributed by atoms with Crippen LogP contribution in [0.25, 0.3) is 0 Å². The standard InChI is InChI=1S/C12H19NO4/c14-10(9-4-3-7-17-8-9)13-12(11(15)16)5-1-2-6-12/h9H,1-8H2,(H,13,14)(H,15,16)/t9-/m0/s1. The molecule has 0 radical (unpaired) electrons. The lowest BCUT2D eigenvalue weighted by Gasteiger charge is -2.29. The minimum Gasteiger partial charge on any atom is -0.480 e. The monoisotopic (exact) mass is 241 g/mol. The number of hydrogen-bond acceptors (Lipinski definition) is 3. The average molecular weight is 241 g/mol. The molecule has 1 saturated heterocycles. The molecule has 0 aromatic heterocycles. The van der Waals surface area contributed by atoms with E-state index in [1.54, 1.807) is 0 Å². The number of hydrogen-bond donors (Lipinski definition) is 2. The summed E-state index contributed by atoms with van der Waals surface area (Å²) in [6.45, 7) is 1.12. The van der Waals surface area contributed by atoms with E-state index in [-0.39, 0.29) is 11.8 Å². The molecular weight excluding hydrogens is 222 g/mol. The second-order valence-electron chi connectivity index (χ2n) is 5.00. The summed E-state index contributed by atoms with van der Waals surface area (Å²) >= 11 is 0. The van der Waals surface area contributed by atoms with Crippen LogP contribution in [0, 0.1) is 5.92 Å². The van der Waals surface area contributed by atoms with Crippen LogP contribution in [-0.4, -0.2) is 35.7 Å². The third-order valence-corrected chi connectivity index (χ3v) is 3.76. The van der Waals surface area contributed by atoms with Crippen LogP contribution in [0.5, 0.6) is 0 Å². The van der Waals surface area contributed by atoms with E-state index in [0.717, 1.165) is 25.7 Å². The van der Waals surface area contributed by atoms with Crippen LogP contribution in [0.3, 0.4) is 0 Å². The van der Waals surface area contributed by atoms with Crippen LogP contribution in [0.2, 0.25) is 0 Å². The maximum atomic E-state index is 12.0. The van der Waals surface area contributed by atoms with Gasteiger partial charge in [0, 0.05) is 6.61 Å². The number of carboxylic acid groups (broad SMARTS) is 1. The molecule has 0 aromatic rings. The zero-order valence-corrected chi connectivity index (χ0v) is 9.91. The Hall–Kier alpha value is -1.10. The zero-order valence-electron chi connectivity index (χ0n) is 9.91. The maximum absolute atomic E-state index is 12.0. The fraction of sp³-hybridized carbons (Fsp3) is 0.833. The second kappa shape index (κ2) is 5.04. The highest BCUT2D eigenvalue weighted by Crippen LogP contribution is 2.30. The number of ether oxygens (including phenoxy) is 1. The predicted octanol–water partition coefficient (Wildman–Crippen LogP) is 0.927. The number of carboxylic acids is 1. The molecule has 2 rings (SSSR count). The van der Waals surface area contributed by atoms with Gasteiger partial charge in [-0.1, -0.05) is 12.8 Å². The number of aliphatic carboxylic acids is 1. The summed E-state index contributed by atoms with van der Waals surface area (Å²) in [5, 5.41) is 12.0. The highest BCUT2D eigenvalue weighted by molar-refractivity contribution is 5.88. The molecule has 1 aliphatic heterocycles. The van der Waals surface area contributed by atoms with E-state index in [2.05, 4.69) is 5.32 Å². The van der Waals surface area contributed by atoms with E-state index >= 15 is 0 Å². The minimum absolute atomic E-state index is 0.158. The third-order valence-electron chi connectivity index (χ3n) is 3.76. The van der Waals surface area contributed by atoms with Crippen LogP contribution in [0.1, 0.15) is 38.5 Å². The smallest absolute Gasteiger partial charge is 0.329 e. The first kappa shape index (κ1) is 12.4. The largest absolute Gasteiger partial charge is 0.480 e. The first-order chi connectivity index (χ1) is 8.14. The lowest BCUT2D eigenvalue weighted by molar-refractivity contribution is -0.149. The Balaban J connectivity index is 1.98. The lowest BCUT2D eigenvalue weighted by Crippen LogP contribution is -2.54. The van der Waals surface area contributed by atoms with Crippen molar-refractivity contribution in [1.29, 1.82) is 0 Å². The maximum Gasteiger partial charge on any atom is 0.329 e. The first-order valence-corrected chi connectivity index (χ1v) is 6.27. The molecule has 2 aliphatic rings. The quantitative estimate of drug-likeness (QED) is 0.770. The SMILES string of the molecule is O=C(NC1(C(=O)O)CCCC1)[C@H]1CCCOC1. The molecule has 1 aliphatic carbocycles. The van der Waals surface area contributed by atoms with Gasteiger partial charge in [-0.2, -0.15) is 0 Å². The Labute approximate surface area is 101 Å². The van der Waals surface area contributed by atoms with Gasteiger partial charge in [0.1, 0.15) is 5.54 Å². The highest BCUT2D eigenvalue weighted by Gasteiger charge is 2.43. The summed E-state index contributed by atoms with van der Waals surface area (Å²) in [4.78, 5) is 23.3. The van der Waals surface area contributed by atoms with Gasteiger partial charge in [-0.15, -0.1) is 0 Å². The fourth-order valence-electron chi connectivity index (χ4n) is 2.66. The van der Waals surface area contributed by atoms with Crippen molar-refractivity contribution in [3.05, 3.63) is 0 Å². The van der Waals surface area contributed by atoms with Crippen molar-refractivity contribution in [3.8, 4) is 0 Å². The molecule has 96 valence electrons. The summed E-state index contributed by atoms with van der Waals surface area (Å²) in [5.41, 5.74) is -1.02. The number of rotatable bonds is 3. The summed E-state index contributed by atoms with van der Waals surface area (Å²) < 4.78 is 5.25. The van der Waals surface area contributed by atoms with Crippen molar-refractivity contribution in [1.82, 2.24) is 5.32 Å². The van der Waals surface area contributed by atoms with Gasteiger partial charge in [0.2, 0.25) is 5.91 Å². The number of carbonyl (C=O) groups is 2. The van der Waals surface area contributed by atoms with Gasteiger partial charge < -0.3 is 15.2 Å². The molecule has 1 atom stereocenters. The molecule has 0 aromatic carbocycles. The molecule has 5 heteroatoms. The van der Waals surface area contributed by atoms with Crippen LogP contribution < -0.4 is 5.32 Å². The number of nitrogens with one attached hydrogen (secondary N) is 1. The van der Waals surface area contributed by atoms with Crippen molar-refractivity contribution < 1.29 is 19.4 Å². The molecule has 2 N–H and O–H groups in total. The van der Waals surface area contributed by atoms with Crippen molar-refractivity contribution in [3.63, 3.8) is 0 Å². The summed E-state index contributed by atoms with van der Waals surface area (Å²) in [6, 6.07) is 0. The van der Waals surface area contributed by atoms with Crippen molar-refractivity contribution >= 4 is 11.9 Å². The Morgan fingerprint density at radius 3 is 2.47 bits per heavy atom. The number of amides is 1.